The zero-order chi connectivity index (χ0) is 12.7. The van der Waals surface area contributed by atoms with E-state index in [1.807, 2.05) is 24.4 Å². The Morgan fingerprint density at radius 3 is 2.63 bits per heavy atom. The second kappa shape index (κ2) is 3.95. The maximum absolute atomic E-state index is 4.46. The molecule has 0 aliphatic heterocycles. The molecule has 0 saturated carbocycles. The molecule has 0 atom stereocenters. The van der Waals surface area contributed by atoms with E-state index in [1.165, 1.54) is 16.3 Å². The fourth-order valence-electron chi connectivity index (χ4n) is 2.58. The molecule has 0 bridgehead atoms. The number of hydrogen-bond donors (Lipinski definition) is 0. The van der Waals surface area contributed by atoms with Crippen LogP contribution in [0.15, 0.2) is 73.1 Å². The maximum atomic E-state index is 4.46. The molecule has 0 unspecified atom stereocenters. The van der Waals surface area contributed by atoms with Gasteiger partial charge in [0.05, 0.1) is 11.9 Å². The summed E-state index contributed by atoms with van der Waals surface area (Å²) in [5.74, 6) is 0. The van der Waals surface area contributed by atoms with Crippen molar-refractivity contribution in [2.45, 2.75) is 0 Å². The first-order valence-electron chi connectivity index (χ1n) is 6.34. The molecule has 2 nitrogen and oxygen atoms in total. The molecule has 2 heterocycles. The molecule has 0 saturated heterocycles. The van der Waals surface area contributed by atoms with Crippen LogP contribution in [0, 0.1) is 0 Å². The summed E-state index contributed by atoms with van der Waals surface area (Å²) in [4.78, 5) is 4.46. The van der Waals surface area contributed by atoms with Crippen molar-refractivity contribution < 1.29 is 0 Å². The van der Waals surface area contributed by atoms with E-state index in [-0.39, 0.29) is 0 Å². The molecule has 2 aromatic heterocycles. The Balaban J connectivity index is 2.10. The van der Waals surface area contributed by atoms with Gasteiger partial charge in [0.15, 0.2) is 0 Å². The van der Waals surface area contributed by atoms with Crippen LogP contribution in [0.3, 0.4) is 0 Å². The summed E-state index contributed by atoms with van der Waals surface area (Å²) in [6, 6.07) is 20.9. The molecule has 19 heavy (non-hydrogen) atoms. The van der Waals surface area contributed by atoms with Gasteiger partial charge in [-0.15, -0.1) is 0 Å². The van der Waals surface area contributed by atoms with Gasteiger partial charge in [0, 0.05) is 11.8 Å². The third-order valence-corrected chi connectivity index (χ3v) is 3.48. The number of hydrogen-bond acceptors (Lipinski definition) is 1. The molecule has 0 fully saturated rings. The van der Waals surface area contributed by atoms with Crippen molar-refractivity contribution in [3.63, 3.8) is 0 Å². The molecule has 0 aliphatic carbocycles. The zero-order valence-corrected chi connectivity index (χ0v) is 10.3. The first-order valence-corrected chi connectivity index (χ1v) is 6.34. The molecular formula is C17H12N2. The van der Waals surface area contributed by atoms with Crippen LogP contribution in [-0.4, -0.2) is 9.38 Å². The van der Waals surface area contributed by atoms with Crippen LogP contribution in [0.25, 0.3) is 27.7 Å². The minimum atomic E-state index is 0.977. The predicted molar refractivity (Wildman–Crippen MR) is 78.1 cm³/mol. The van der Waals surface area contributed by atoms with E-state index < -0.39 is 0 Å². The Hall–Kier alpha value is -2.61. The van der Waals surface area contributed by atoms with Gasteiger partial charge in [-0.05, 0) is 22.9 Å². The Kier molecular flexibility index (Phi) is 2.15. The van der Waals surface area contributed by atoms with E-state index in [0.717, 1.165) is 11.3 Å². The molecule has 4 rings (SSSR count). The van der Waals surface area contributed by atoms with Crippen LogP contribution in [0.5, 0.6) is 0 Å². The zero-order valence-electron chi connectivity index (χ0n) is 10.3. The van der Waals surface area contributed by atoms with E-state index >= 15 is 0 Å². The molecular weight excluding hydrogens is 232 g/mol. The standard InChI is InChI=1S/C17H12N2/c1-2-8-14-13(6-1)7-5-9-15(14)16-12-18-17-10-3-4-11-19(16)17/h1-12H. The van der Waals surface area contributed by atoms with E-state index in [4.69, 9.17) is 0 Å². The minimum absolute atomic E-state index is 0.977. The number of nitrogens with zero attached hydrogens (tertiary/aromatic N) is 2. The van der Waals surface area contributed by atoms with Crippen molar-refractivity contribution in [1.29, 1.82) is 0 Å². The van der Waals surface area contributed by atoms with Gasteiger partial charge in [0.2, 0.25) is 0 Å². The highest BCUT2D eigenvalue weighted by atomic mass is 15.0. The molecule has 0 spiro atoms. The molecule has 2 heteroatoms. The second-order valence-electron chi connectivity index (χ2n) is 4.60. The van der Waals surface area contributed by atoms with Crippen LogP contribution >= 0.6 is 0 Å². The smallest absolute Gasteiger partial charge is 0.137 e. The van der Waals surface area contributed by atoms with Gasteiger partial charge in [-0.2, -0.15) is 0 Å². The van der Waals surface area contributed by atoms with Crippen molar-refractivity contribution in [1.82, 2.24) is 9.38 Å². The minimum Gasteiger partial charge on any atom is -0.300 e. The number of imidazole rings is 1. The van der Waals surface area contributed by atoms with Crippen molar-refractivity contribution in [3.8, 4) is 11.3 Å². The largest absolute Gasteiger partial charge is 0.300 e. The lowest BCUT2D eigenvalue weighted by molar-refractivity contribution is 1.19. The van der Waals surface area contributed by atoms with Crippen molar-refractivity contribution in [2.75, 3.05) is 0 Å². The van der Waals surface area contributed by atoms with Crippen LogP contribution in [-0.2, 0) is 0 Å². The van der Waals surface area contributed by atoms with Gasteiger partial charge in [-0.3, -0.25) is 4.40 Å². The number of aromatic nitrogens is 2. The molecule has 0 radical (unpaired) electrons. The quantitative estimate of drug-likeness (QED) is 0.491. The van der Waals surface area contributed by atoms with Gasteiger partial charge in [-0.1, -0.05) is 48.5 Å². The van der Waals surface area contributed by atoms with Gasteiger partial charge in [0.1, 0.15) is 5.65 Å². The van der Waals surface area contributed by atoms with Gasteiger partial charge in [0.25, 0.3) is 0 Å². The van der Waals surface area contributed by atoms with Gasteiger partial charge >= 0.3 is 0 Å². The normalized spacial score (nSPS) is 11.2. The van der Waals surface area contributed by atoms with E-state index in [9.17, 15) is 0 Å². The summed E-state index contributed by atoms with van der Waals surface area (Å²) in [5.41, 5.74) is 3.33. The SMILES string of the molecule is c1ccc2c(-c3cnc4ccccn34)cccc2c1. The highest BCUT2D eigenvalue weighted by molar-refractivity contribution is 5.96. The Labute approximate surface area is 111 Å². The fraction of sp³-hybridized carbons (Fsp3) is 0. The van der Waals surface area contributed by atoms with Crippen LogP contribution in [0.2, 0.25) is 0 Å². The lowest BCUT2D eigenvalue weighted by atomic mass is 10.0. The van der Waals surface area contributed by atoms with E-state index in [2.05, 4.69) is 58.0 Å². The average molecular weight is 244 g/mol. The Bertz CT molecular complexity index is 869. The fourth-order valence-corrected chi connectivity index (χ4v) is 2.58. The Morgan fingerprint density at radius 2 is 1.63 bits per heavy atom. The molecule has 0 N–H and O–H groups in total. The van der Waals surface area contributed by atoms with Crippen molar-refractivity contribution in [3.05, 3.63) is 73.1 Å². The highest BCUT2D eigenvalue weighted by Crippen LogP contribution is 2.28. The average Bonchev–Trinajstić information content (AvgIpc) is 2.90. The summed E-state index contributed by atoms with van der Waals surface area (Å²) in [7, 11) is 0. The molecule has 0 amide bonds. The maximum Gasteiger partial charge on any atom is 0.137 e. The third kappa shape index (κ3) is 1.54. The molecule has 2 aromatic carbocycles. The second-order valence-corrected chi connectivity index (χ2v) is 4.60. The first-order chi connectivity index (χ1) is 9.43. The first kappa shape index (κ1) is 10.3. The lowest BCUT2D eigenvalue weighted by Gasteiger charge is -2.06. The topological polar surface area (TPSA) is 17.3 Å². The predicted octanol–water partition coefficient (Wildman–Crippen LogP) is 4.15. The molecule has 90 valence electrons. The number of rotatable bonds is 1. The van der Waals surface area contributed by atoms with Crippen molar-refractivity contribution in [2.24, 2.45) is 0 Å². The number of fused-ring (bicyclic) bond motifs is 2. The molecule has 0 aliphatic rings. The monoisotopic (exact) mass is 244 g/mol. The van der Waals surface area contributed by atoms with E-state index in [0.29, 0.717) is 0 Å². The highest BCUT2D eigenvalue weighted by Gasteiger charge is 2.08. The summed E-state index contributed by atoms with van der Waals surface area (Å²) in [6.07, 6.45) is 4.00. The summed E-state index contributed by atoms with van der Waals surface area (Å²) >= 11 is 0. The Morgan fingerprint density at radius 1 is 0.789 bits per heavy atom. The van der Waals surface area contributed by atoms with Gasteiger partial charge in [-0.25, -0.2) is 4.98 Å². The molecule has 4 aromatic rings. The van der Waals surface area contributed by atoms with E-state index in [1.54, 1.807) is 0 Å². The summed E-state index contributed by atoms with van der Waals surface area (Å²) in [6.45, 7) is 0. The van der Waals surface area contributed by atoms with Crippen LogP contribution in [0.1, 0.15) is 0 Å². The number of pyridine rings is 1. The van der Waals surface area contributed by atoms with Crippen LogP contribution in [0.4, 0.5) is 0 Å². The van der Waals surface area contributed by atoms with Gasteiger partial charge < -0.3 is 0 Å². The van der Waals surface area contributed by atoms with Crippen molar-refractivity contribution >= 4 is 16.4 Å². The third-order valence-electron chi connectivity index (χ3n) is 3.48. The summed E-state index contributed by atoms with van der Waals surface area (Å²) < 4.78 is 2.13. The number of benzene rings is 2. The lowest BCUT2D eigenvalue weighted by Crippen LogP contribution is -1.88. The van der Waals surface area contributed by atoms with Crippen LogP contribution < -0.4 is 0 Å². The summed E-state index contributed by atoms with van der Waals surface area (Å²) in [5, 5.41) is 2.52.